The smallest absolute Gasteiger partial charge is 0.193 e. The number of aromatic hydroxyl groups is 1. The molecule has 0 aliphatic rings. The monoisotopic (exact) mass is 353 g/mol. The number of benzene rings is 2. The Kier molecular flexibility index (Phi) is 6.47. The van der Waals surface area contributed by atoms with Crippen LogP contribution in [0, 0.1) is 13.8 Å². The molecule has 0 radical (unpaired) electrons. The molecule has 26 heavy (non-hydrogen) atoms. The summed E-state index contributed by atoms with van der Waals surface area (Å²) in [6.45, 7) is 11.2. The molecule has 0 heterocycles. The Morgan fingerprint density at radius 3 is 2.27 bits per heavy atom. The Morgan fingerprint density at radius 1 is 1.12 bits per heavy atom. The van der Waals surface area contributed by atoms with E-state index in [1.54, 1.807) is 12.1 Å². The van der Waals surface area contributed by atoms with E-state index in [9.17, 15) is 9.90 Å². The molecule has 1 N–H and O–H groups in total. The van der Waals surface area contributed by atoms with Gasteiger partial charge in [0.15, 0.2) is 5.78 Å². The van der Waals surface area contributed by atoms with E-state index in [0.717, 1.165) is 47.3 Å². The van der Waals surface area contributed by atoms with Crippen molar-refractivity contribution in [2.45, 2.75) is 53.4 Å². The minimum Gasteiger partial charge on any atom is -0.508 e. The molecule has 2 aromatic rings. The van der Waals surface area contributed by atoms with Gasteiger partial charge in [-0.2, -0.15) is 0 Å². The maximum atomic E-state index is 13.1. The summed E-state index contributed by atoms with van der Waals surface area (Å²) in [5.41, 5.74) is 5.34. The van der Waals surface area contributed by atoms with E-state index in [1.165, 1.54) is 0 Å². The van der Waals surface area contributed by atoms with Crippen LogP contribution in [0.3, 0.4) is 0 Å². The number of ketones is 1. The van der Waals surface area contributed by atoms with Gasteiger partial charge in [0.2, 0.25) is 0 Å². The minimum atomic E-state index is 0.0182. The normalized spacial score (nSPS) is 11.0. The first-order chi connectivity index (χ1) is 12.3. The lowest BCUT2D eigenvalue weighted by Gasteiger charge is -2.22. The number of phenols is 1. The number of hydrogen-bond acceptors (Lipinski definition) is 3. The lowest BCUT2D eigenvalue weighted by molar-refractivity contribution is 0.103. The van der Waals surface area contributed by atoms with Gasteiger partial charge in [-0.15, -0.1) is 0 Å². The fourth-order valence-corrected chi connectivity index (χ4v) is 3.35. The van der Waals surface area contributed by atoms with E-state index < -0.39 is 0 Å². The molecule has 140 valence electrons. The summed E-state index contributed by atoms with van der Waals surface area (Å²) in [5.74, 6) is 0.432. The second-order valence-corrected chi connectivity index (χ2v) is 7.49. The first kappa shape index (κ1) is 20.0. The van der Waals surface area contributed by atoms with Crippen LogP contribution in [-0.2, 0) is 0 Å². The minimum absolute atomic E-state index is 0.0182. The van der Waals surface area contributed by atoms with E-state index in [-0.39, 0.29) is 17.5 Å². The molecule has 3 nitrogen and oxygen atoms in total. The summed E-state index contributed by atoms with van der Waals surface area (Å²) in [6.07, 6.45) is 2.32. The van der Waals surface area contributed by atoms with Crippen molar-refractivity contribution in [3.63, 3.8) is 0 Å². The van der Waals surface area contributed by atoms with Crippen molar-refractivity contribution in [2.75, 3.05) is 18.5 Å². The lowest BCUT2D eigenvalue weighted by atomic mass is 9.91. The molecule has 3 heteroatoms. The van der Waals surface area contributed by atoms with E-state index in [1.807, 2.05) is 33.8 Å². The Bertz CT molecular complexity index is 770. The van der Waals surface area contributed by atoms with Gasteiger partial charge < -0.3 is 10.0 Å². The topological polar surface area (TPSA) is 40.5 Å². The van der Waals surface area contributed by atoms with Gasteiger partial charge in [0, 0.05) is 30.4 Å². The van der Waals surface area contributed by atoms with E-state index in [2.05, 4.69) is 31.0 Å². The molecule has 0 unspecified atom stereocenters. The predicted octanol–water partition coefficient (Wildman–Crippen LogP) is 5.60. The van der Waals surface area contributed by atoms with Crippen molar-refractivity contribution in [1.29, 1.82) is 0 Å². The Balaban J connectivity index is 2.39. The van der Waals surface area contributed by atoms with Gasteiger partial charge in [0.25, 0.3) is 0 Å². The first-order valence-corrected chi connectivity index (χ1v) is 9.46. The second-order valence-electron chi connectivity index (χ2n) is 7.49. The van der Waals surface area contributed by atoms with Crippen molar-refractivity contribution in [1.82, 2.24) is 0 Å². The third-order valence-corrected chi connectivity index (χ3v) is 4.94. The highest BCUT2D eigenvalue weighted by Gasteiger charge is 2.18. The van der Waals surface area contributed by atoms with Gasteiger partial charge in [-0.1, -0.05) is 27.2 Å². The number of anilines is 1. The van der Waals surface area contributed by atoms with Gasteiger partial charge in [0.05, 0.1) is 0 Å². The van der Waals surface area contributed by atoms with Crippen LogP contribution in [0.25, 0.3) is 0 Å². The van der Waals surface area contributed by atoms with Crippen molar-refractivity contribution in [3.05, 3.63) is 58.1 Å². The van der Waals surface area contributed by atoms with Crippen LogP contribution < -0.4 is 4.90 Å². The molecular weight excluding hydrogens is 322 g/mol. The van der Waals surface area contributed by atoms with Gasteiger partial charge in [-0.3, -0.25) is 4.79 Å². The van der Waals surface area contributed by atoms with Crippen molar-refractivity contribution >= 4 is 11.5 Å². The molecule has 0 spiro atoms. The fraction of sp³-hybridized carbons (Fsp3) is 0.435. The van der Waals surface area contributed by atoms with Crippen LogP contribution in [0.5, 0.6) is 5.75 Å². The van der Waals surface area contributed by atoms with Crippen LogP contribution in [0.2, 0.25) is 0 Å². The lowest BCUT2D eigenvalue weighted by Crippen LogP contribution is -2.19. The van der Waals surface area contributed by atoms with Crippen molar-refractivity contribution in [2.24, 2.45) is 0 Å². The highest BCUT2D eigenvalue weighted by Crippen LogP contribution is 2.29. The summed E-state index contributed by atoms with van der Waals surface area (Å²) in [6, 6.07) is 9.35. The fourth-order valence-electron chi connectivity index (χ4n) is 3.35. The molecule has 0 atom stereocenters. The molecule has 0 bridgehead atoms. The number of nitrogens with zero attached hydrogens (tertiary/aromatic N) is 1. The summed E-state index contributed by atoms with van der Waals surface area (Å²) >= 11 is 0. The average molecular weight is 354 g/mol. The molecule has 2 rings (SSSR count). The molecule has 0 fully saturated rings. The number of rotatable bonds is 7. The largest absolute Gasteiger partial charge is 0.508 e. The molecule has 2 aromatic carbocycles. The predicted molar refractivity (Wildman–Crippen MR) is 110 cm³/mol. The van der Waals surface area contributed by atoms with Crippen LogP contribution in [0.15, 0.2) is 30.3 Å². The van der Waals surface area contributed by atoms with E-state index in [0.29, 0.717) is 5.56 Å². The zero-order valence-corrected chi connectivity index (χ0v) is 16.9. The van der Waals surface area contributed by atoms with E-state index in [4.69, 9.17) is 0 Å². The highest BCUT2D eigenvalue weighted by atomic mass is 16.3. The van der Waals surface area contributed by atoms with Crippen molar-refractivity contribution < 1.29 is 9.90 Å². The summed E-state index contributed by atoms with van der Waals surface area (Å²) < 4.78 is 0. The number of carbonyl (C=O) groups is 1. The van der Waals surface area contributed by atoms with Gasteiger partial charge in [0.1, 0.15) is 5.75 Å². The van der Waals surface area contributed by atoms with Crippen LogP contribution in [-0.4, -0.2) is 24.5 Å². The molecule has 0 aliphatic carbocycles. The zero-order chi connectivity index (χ0) is 19.4. The molecule has 0 aromatic heterocycles. The van der Waals surface area contributed by atoms with Gasteiger partial charge in [-0.25, -0.2) is 0 Å². The number of aryl methyl sites for hydroxylation is 2. The number of unbranched alkanes of at least 4 members (excludes halogenated alkanes) is 1. The summed E-state index contributed by atoms with van der Waals surface area (Å²) in [7, 11) is 2.10. The molecule has 0 saturated heterocycles. The number of hydrogen-bond donors (Lipinski definition) is 1. The van der Waals surface area contributed by atoms with E-state index >= 15 is 0 Å². The van der Waals surface area contributed by atoms with Crippen LogP contribution in [0.1, 0.15) is 72.1 Å². The molecule has 0 amide bonds. The Labute approximate surface area is 157 Å². The van der Waals surface area contributed by atoms with Gasteiger partial charge >= 0.3 is 0 Å². The standard InChI is InChI=1S/C23H31NO2/c1-7-8-11-24(6)19-12-16(4)22(17(5)13-19)23(26)18-9-10-21(25)20(14-18)15(2)3/h9-10,12-15,25H,7-8,11H2,1-6H3. The summed E-state index contributed by atoms with van der Waals surface area (Å²) in [5, 5.41) is 10.0. The highest BCUT2D eigenvalue weighted by molar-refractivity contribution is 6.11. The van der Waals surface area contributed by atoms with Gasteiger partial charge in [-0.05, 0) is 73.2 Å². The third kappa shape index (κ3) is 4.27. The summed E-state index contributed by atoms with van der Waals surface area (Å²) in [4.78, 5) is 15.4. The maximum absolute atomic E-state index is 13.1. The van der Waals surface area contributed by atoms with Crippen molar-refractivity contribution in [3.8, 4) is 5.75 Å². The maximum Gasteiger partial charge on any atom is 0.193 e. The third-order valence-electron chi connectivity index (χ3n) is 4.94. The second kappa shape index (κ2) is 8.39. The van der Waals surface area contributed by atoms with Crippen LogP contribution in [0.4, 0.5) is 5.69 Å². The zero-order valence-electron chi connectivity index (χ0n) is 16.9. The molecule has 0 saturated carbocycles. The first-order valence-electron chi connectivity index (χ1n) is 9.46. The quantitative estimate of drug-likeness (QED) is 0.659. The Morgan fingerprint density at radius 2 is 1.73 bits per heavy atom. The SMILES string of the molecule is CCCCN(C)c1cc(C)c(C(=O)c2ccc(O)c(C(C)C)c2)c(C)c1. The number of carbonyl (C=O) groups excluding carboxylic acids is 1. The number of phenolic OH excluding ortho intramolecular Hbond substituents is 1. The molecule has 0 aliphatic heterocycles. The molecular formula is C23H31NO2. The Hall–Kier alpha value is -2.29. The average Bonchev–Trinajstić information content (AvgIpc) is 2.58. The van der Waals surface area contributed by atoms with Crippen LogP contribution >= 0.6 is 0 Å².